The van der Waals surface area contributed by atoms with Gasteiger partial charge in [-0.1, -0.05) is 18.2 Å². The number of carbonyl (C=O) groups is 5. The van der Waals surface area contributed by atoms with Crippen molar-refractivity contribution >= 4 is 35.0 Å². The van der Waals surface area contributed by atoms with E-state index in [0.29, 0.717) is 0 Å². The summed E-state index contributed by atoms with van der Waals surface area (Å²) in [7, 11) is 1.26. The minimum absolute atomic E-state index is 0.00317. The van der Waals surface area contributed by atoms with Gasteiger partial charge in [-0.3, -0.25) is 29.3 Å². The molecule has 2 saturated heterocycles. The van der Waals surface area contributed by atoms with E-state index in [1.54, 1.807) is 0 Å². The van der Waals surface area contributed by atoms with E-state index in [9.17, 15) is 80.0 Å². The van der Waals surface area contributed by atoms with Gasteiger partial charge in [-0.2, -0.15) is 0 Å². The van der Waals surface area contributed by atoms with Crippen molar-refractivity contribution in [1.29, 1.82) is 0 Å². The summed E-state index contributed by atoms with van der Waals surface area (Å²) < 4.78 is 33.6. The summed E-state index contributed by atoms with van der Waals surface area (Å²) in [5.41, 5.74) is -5.49. The van der Waals surface area contributed by atoms with Crippen molar-refractivity contribution < 1.29 is 103 Å². The van der Waals surface area contributed by atoms with Gasteiger partial charge in [0.05, 0.1) is 59.9 Å². The first-order chi connectivity index (χ1) is 32.2. The normalized spacial score (nSPS) is 29.0. The number of nitrogens with zero attached hydrogens (tertiary/aromatic N) is 1. The maximum atomic E-state index is 14.0. The molecule has 2 aliphatic carbocycles. The number of methoxy groups -OCH3 is 1. The lowest BCUT2D eigenvalue weighted by atomic mass is 9.72. The Kier molecular flexibility index (Phi) is 13.9. The van der Waals surface area contributed by atoms with Crippen LogP contribution in [0.1, 0.15) is 93.3 Å². The number of Topliss-reactive ketones (excluding diaryl/α,β-unsaturated/α-hetero) is 1. The van der Waals surface area contributed by atoms with E-state index in [2.05, 4.69) is 5.92 Å². The van der Waals surface area contributed by atoms with Crippen LogP contribution in [0.25, 0.3) is 0 Å². The Bertz CT molecular complexity index is 2610. The molecule has 7 rings (SSSR count). The average Bonchev–Trinajstić information content (AvgIpc) is 3.30. The van der Waals surface area contributed by atoms with Crippen LogP contribution in [0.2, 0.25) is 0 Å². The van der Waals surface area contributed by atoms with Crippen LogP contribution in [0.3, 0.4) is 0 Å². The van der Waals surface area contributed by atoms with Crippen LogP contribution in [-0.2, 0) is 39.8 Å². The minimum atomic E-state index is -2.46. The Morgan fingerprint density at radius 3 is 2.32 bits per heavy atom. The lowest BCUT2D eigenvalue weighted by Gasteiger charge is -2.42. The zero-order valence-corrected chi connectivity index (χ0v) is 35.9. The van der Waals surface area contributed by atoms with Gasteiger partial charge in [0.25, 0.3) is 0 Å². The Labute approximate surface area is 384 Å². The molecule has 9 N–H and O–H groups in total. The first-order valence-electron chi connectivity index (χ1n) is 20.9. The Hall–Kier alpha value is -6.59. The number of aliphatic hydroxyl groups excluding tert-OH is 5. The van der Waals surface area contributed by atoms with Gasteiger partial charge >= 0.3 is 17.6 Å². The van der Waals surface area contributed by atoms with E-state index in [-0.39, 0.29) is 46.4 Å². The van der Waals surface area contributed by atoms with E-state index >= 15 is 0 Å². The number of fused-ring (bicyclic) bond motifs is 3. The number of benzene rings is 3. The van der Waals surface area contributed by atoms with E-state index in [1.165, 1.54) is 38.3 Å². The summed E-state index contributed by atoms with van der Waals surface area (Å²) in [4.78, 5) is 77.3. The number of nitro groups is 1. The fraction of sp³-hybridized carbons (Fsp3) is 0.444. The van der Waals surface area contributed by atoms with Gasteiger partial charge in [-0.05, 0) is 19.1 Å². The number of aliphatic hydroxyl groups is 6. The highest BCUT2D eigenvalue weighted by Crippen LogP contribution is 2.53. The lowest BCUT2D eigenvalue weighted by Crippen LogP contribution is -2.61. The second kappa shape index (κ2) is 19.2. The van der Waals surface area contributed by atoms with E-state index in [1.807, 2.05) is 0 Å². The van der Waals surface area contributed by atoms with Crippen LogP contribution < -0.4 is 9.47 Å². The third-order valence-corrected chi connectivity index (χ3v) is 12.5. The molecule has 68 heavy (non-hydrogen) atoms. The molecule has 0 bridgehead atoms. The topological polar surface area (TPSA) is 366 Å². The highest BCUT2D eigenvalue weighted by molar-refractivity contribution is 6.31. The number of ketones is 3. The van der Waals surface area contributed by atoms with Crippen LogP contribution >= 0.6 is 0 Å². The van der Waals surface area contributed by atoms with Gasteiger partial charge in [0.15, 0.2) is 29.7 Å². The molecule has 0 amide bonds. The molecular formula is C45H45NO22. The molecule has 2 aliphatic heterocycles. The molecule has 4 aliphatic rings. The average molecular weight is 952 g/mol. The number of phenolic OH excluding ortho intramolecular Hbond substituents is 2. The molecule has 2 heterocycles. The summed E-state index contributed by atoms with van der Waals surface area (Å²) >= 11 is 0. The predicted molar refractivity (Wildman–Crippen MR) is 222 cm³/mol. The standard InChI is InChI=1S/C45H45NO22/c1-4-6-23(18-9-10-24(22(11-18)46(61)62)67-44-41(57)39(55)40(56)42(68-44)43(58)59)65-28(49)12-19-13-29(64-17(2)34(19)50)66-26-15-45(60,27(48)16-47)14-21-31(26)38(54)33-32(36(21)52)35(51)20-7-5-8-25(63-3)30(20)37(33)53/h1,5,7-11,17,19,23,26,29,34,39-42,44,47,50,52,54-57,60H,6,12-16H2,2-3H3,(H,58,59)/t17-,19-,23-,26-,29-,34+,39+,40+,41-,42+,44-,45-/m0/s1. The SMILES string of the molecule is C#CC[C@H](OC(=O)C[C@H]1C[C@H](O[C@H]2C[C@](O)(C(=O)CO)Cc3c(O)c4c(c(O)c32)C(=O)c2c(OC)cccc2C4=O)O[C@@H](C)[C@H]1O)c1ccc(O[C@H]2O[C@@H](C(=O)O)[C@H](O)[C@@H](O)[C@@H]2O)c([N+](=O)[O-])c1. The maximum Gasteiger partial charge on any atom is 0.335 e. The molecule has 23 heteroatoms. The summed E-state index contributed by atoms with van der Waals surface area (Å²) in [6.07, 6.45) is -14.1. The van der Waals surface area contributed by atoms with Crippen molar-refractivity contribution in [2.24, 2.45) is 5.92 Å². The molecule has 12 atom stereocenters. The fourth-order valence-corrected chi connectivity index (χ4v) is 9.02. The van der Waals surface area contributed by atoms with Gasteiger partial charge in [-0.15, -0.1) is 12.3 Å². The molecule has 362 valence electrons. The molecule has 0 saturated carbocycles. The van der Waals surface area contributed by atoms with Crippen LogP contribution in [-0.4, -0.2) is 149 Å². The molecule has 0 unspecified atom stereocenters. The smallest absolute Gasteiger partial charge is 0.335 e. The number of esters is 1. The molecule has 3 aromatic carbocycles. The maximum absolute atomic E-state index is 14.0. The third kappa shape index (κ3) is 8.84. The van der Waals surface area contributed by atoms with Crippen LogP contribution in [0.4, 0.5) is 5.69 Å². The van der Waals surface area contributed by atoms with Crippen molar-refractivity contribution in [3.05, 3.63) is 85.5 Å². The van der Waals surface area contributed by atoms with Crippen LogP contribution in [0.5, 0.6) is 23.0 Å². The van der Waals surface area contributed by atoms with E-state index in [0.717, 1.165) is 12.1 Å². The number of hydrogen-bond donors (Lipinski definition) is 9. The van der Waals surface area contributed by atoms with Crippen molar-refractivity contribution in [3.63, 3.8) is 0 Å². The van der Waals surface area contributed by atoms with Crippen LogP contribution in [0.15, 0.2) is 36.4 Å². The number of phenols is 2. The highest BCUT2D eigenvalue weighted by atomic mass is 16.7. The second-order valence-electron chi connectivity index (χ2n) is 16.7. The minimum Gasteiger partial charge on any atom is -0.507 e. The van der Waals surface area contributed by atoms with Gasteiger partial charge in [0, 0.05) is 53.5 Å². The summed E-state index contributed by atoms with van der Waals surface area (Å²) in [5.74, 6) is -6.57. The first-order valence-corrected chi connectivity index (χ1v) is 20.9. The number of rotatable bonds is 14. The molecule has 0 aromatic heterocycles. The summed E-state index contributed by atoms with van der Waals surface area (Å²) in [5, 5.41) is 108. The largest absolute Gasteiger partial charge is 0.507 e. The van der Waals surface area contributed by atoms with Gasteiger partial charge in [0.1, 0.15) is 53.9 Å². The third-order valence-electron chi connectivity index (χ3n) is 12.5. The molecule has 3 aromatic rings. The number of carboxylic acids is 1. The van der Waals surface area contributed by atoms with Gasteiger partial charge in [0.2, 0.25) is 12.1 Å². The van der Waals surface area contributed by atoms with Crippen LogP contribution in [0, 0.1) is 28.4 Å². The van der Waals surface area contributed by atoms with E-state index < -0.39 is 167 Å². The van der Waals surface area contributed by atoms with Gasteiger partial charge in [-0.25, -0.2) is 4.79 Å². The van der Waals surface area contributed by atoms with E-state index in [4.69, 9.17) is 34.8 Å². The Morgan fingerprint density at radius 1 is 0.971 bits per heavy atom. The van der Waals surface area contributed by atoms with Crippen molar-refractivity contribution in [1.82, 2.24) is 0 Å². The zero-order chi connectivity index (χ0) is 49.7. The Balaban J connectivity index is 1.13. The molecule has 23 nitrogen and oxygen atoms in total. The second-order valence-corrected chi connectivity index (χ2v) is 16.7. The quantitative estimate of drug-likeness (QED) is 0.0267. The number of nitro benzene ring substituents is 1. The predicted octanol–water partition coefficient (Wildman–Crippen LogP) is 0.167. The lowest BCUT2D eigenvalue weighted by molar-refractivity contribution is -0.387. The fourth-order valence-electron chi connectivity index (χ4n) is 9.02. The number of aliphatic carboxylic acids is 1. The number of ether oxygens (including phenoxy) is 6. The molecule has 0 spiro atoms. The van der Waals surface area contributed by atoms with Crippen molar-refractivity contribution in [3.8, 4) is 35.3 Å². The summed E-state index contributed by atoms with van der Waals surface area (Å²) in [6, 6.07) is 7.30. The number of aromatic hydroxyl groups is 2. The highest BCUT2D eigenvalue weighted by Gasteiger charge is 2.51. The monoisotopic (exact) mass is 951 g/mol. The summed E-state index contributed by atoms with van der Waals surface area (Å²) in [6.45, 7) is 0.269. The van der Waals surface area contributed by atoms with Crippen molar-refractivity contribution in [2.45, 2.75) is 106 Å². The zero-order valence-electron chi connectivity index (χ0n) is 35.9. The van der Waals surface area contributed by atoms with Gasteiger partial charge < -0.3 is 74.4 Å². The molecular weight excluding hydrogens is 906 g/mol. The number of carboxylic acid groups (broad SMARTS) is 1. The number of hydrogen-bond acceptors (Lipinski definition) is 21. The first kappa shape index (κ1) is 49.3. The van der Waals surface area contributed by atoms with Crippen molar-refractivity contribution in [2.75, 3.05) is 13.7 Å². The molecule has 2 fully saturated rings. The number of carbonyl (C=O) groups excluding carboxylic acids is 4. The Morgan fingerprint density at radius 2 is 1.68 bits per heavy atom. The molecule has 0 radical (unpaired) electrons. The number of terminal acetylenes is 1.